The molecular weight excluding hydrogens is 196 g/mol. The number of rotatable bonds is 2. The molecule has 0 radical (unpaired) electrons. The van der Waals surface area contributed by atoms with E-state index in [9.17, 15) is 0 Å². The third kappa shape index (κ3) is 2.38. The van der Waals surface area contributed by atoms with E-state index in [1.54, 1.807) is 0 Å². The van der Waals surface area contributed by atoms with E-state index in [1.807, 2.05) is 18.5 Å². The van der Waals surface area contributed by atoms with Crippen LogP contribution in [-0.4, -0.2) is 17.2 Å². The molecule has 2 rings (SSSR count). The maximum Gasteiger partial charge on any atom is 0.0531 e. The Labute approximate surface area is 97.1 Å². The summed E-state index contributed by atoms with van der Waals surface area (Å²) in [7, 11) is 0. The van der Waals surface area contributed by atoms with Gasteiger partial charge in [0.05, 0.1) is 6.04 Å². The first-order chi connectivity index (χ1) is 7.66. The average Bonchev–Trinajstić information content (AvgIpc) is 2.27. The summed E-state index contributed by atoms with van der Waals surface area (Å²) in [4.78, 5) is 8.81. The summed E-state index contributed by atoms with van der Waals surface area (Å²) in [5, 5.41) is 0. The molecule has 1 aromatic heterocycles. The maximum absolute atomic E-state index is 4.50. The van der Waals surface area contributed by atoms with Crippen molar-refractivity contribution in [2.75, 3.05) is 0 Å². The second-order valence-corrected chi connectivity index (χ2v) is 4.54. The summed E-state index contributed by atoms with van der Waals surface area (Å²) in [6.45, 7) is 6.43. The van der Waals surface area contributed by atoms with Gasteiger partial charge in [-0.3, -0.25) is 9.98 Å². The molecule has 1 aromatic rings. The number of aromatic nitrogens is 1. The fourth-order valence-electron chi connectivity index (χ4n) is 1.90. The summed E-state index contributed by atoms with van der Waals surface area (Å²) in [5.74, 6) is 0.539. The summed E-state index contributed by atoms with van der Waals surface area (Å²) in [6.07, 6.45) is 7.12. The van der Waals surface area contributed by atoms with Gasteiger partial charge < -0.3 is 0 Å². The standard InChI is InChI=1S/C14H18N2/c1-10-7-13(9-16-11(10)2)8-14-5-4-6-15-12(14)3/h4-7,9-11H,8H2,1-3H3. The molecule has 0 aromatic carbocycles. The number of hydrogen-bond donors (Lipinski definition) is 0. The highest BCUT2D eigenvalue weighted by atomic mass is 14.8. The monoisotopic (exact) mass is 214 g/mol. The number of aliphatic imine (C=N–C) groups is 1. The van der Waals surface area contributed by atoms with E-state index in [1.165, 1.54) is 11.1 Å². The van der Waals surface area contributed by atoms with Gasteiger partial charge >= 0.3 is 0 Å². The van der Waals surface area contributed by atoms with Crippen LogP contribution < -0.4 is 0 Å². The Morgan fingerprint density at radius 2 is 2.12 bits per heavy atom. The summed E-state index contributed by atoms with van der Waals surface area (Å²) in [6, 6.07) is 4.55. The molecule has 0 bridgehead atoms. The first-order valence-electron chi connectivity index (χ1n) is 5.81. The number of dihydropyridines is 1. The molecular formula is C14H18N2. The highest BCUT2D eigenvalue weighted by Crippen LogP contribution is 2.18. The largest absolute Gasteiger partial charge is 0.289 e. The SMILES string of the molecule is Cc1ncccc1CC1=CC(C)C(C)N=C1. The van der Waals surface area contributed by atoms with E-state index in [2.05, 4.69) is 42.9 Å². The van der Waals surface area contributed by atoms with Crippen LogP contribution in [0.25, 0.3) is 0 Å². The number of allylic oxidation sites excluding steroid dienone is 1. The molecule has 0 saturated heterocycles. The van der Waals surface area contributed by atoms with E-state index in [4.69, 9.17) is 0 Å². The summed E-state index contributed by atoms with van der Waals surface area (Å²) in [5.41, 5.74) is 3.71. The molecule has 0 aliphatic carbocycles. The zero-order chi connectivity index (χ0) is 11.5. The highest BCUT2D eigenvalue weighted by Gasteiger charge is 2.13. The molecule has 0 saturated carbocycles. The molecule has 2 heteroatoms. The van der Waals surface area contributed by atoms with E-state index in [0.717, 1.165) is 12.1 Å². The lowest BCUT2D eigenvalue weighted by molar-refractivity contribution is 0.576. The van der Waals surface area contributed by atoms with Crippen molar-refractivity contribution in [2.45, 2.75) is 33.2 Å². The zero-order valence-electron chi connectivity index (χ0n) is 10.1. The van der Waals surface area contributed by atoms with E-state index < -0.39 is 0 Å². The minimum Gasteiger partial charge on any atom is -0.289 e. The topological polar surface area (TPSA) is 25.2 Å². The normalized spacial score (nSPS) is 24.3. The molecule has 0 N–H and O–H groups in total. The molecule has 16 heavy (non-hydrogen) atoms. The van der Waals surface area contributed by atoms with Crippen LogP contribution >= 0.6 is 0 Å². The van der Waals surface area contributed by atoms with Crippen LogP contribution in [0.3, 0.4) is 0 Å². The van der Waals surface area contributed by atoms with Gasteiger partial charge in [0.2, 0.25) is 0 Å². The lowest BCUT2D eigenvalue weighted by atomic mass is 9.94. The van der Waals surface area contributed by atoms with Crippen molar-refractivity contribution >= 4 is 6.21 Å². The van der Waals surface area contributed by atoms with Gasteiger partial charge in [0.15, 0.2) is 0 Å². The van der Waals surface area contributed by atoms with Gasteiger partial charge in [0.25, 0.3) is 0 Å². The Morgan fingerprint density at radius 3 is 2.81 bits per heavy atom. The van der Waals surface area contributed by atoms with Gasteiger partial charge in [0.1, 0.15) is 0 Å². The van der Waals surface area contributed by atoms with Gasteiger partial charge in [0, 0.05) is 24.5 Å². The molecule has 2 unspecified atom stereocenters. The van der Waals surface area contributed by atoms with Gasteiger partial charge in [-0.15, -0.1) is 0 Å². The minimum atomic E-state index is 0.416. The van der Waals surface area contributed by atoms with Gasteiger partial charge in [-0.05, 0) is 37.0 Å². The second kappa shape index (κ2) is 4.60. The Morgan fingerprint density at radius 1 is 1.31 bits per heavy atom. The van der Waals surface area contributed by atoms with Crippen LogP contribution in [-0.2, 0) is 6.42 Å². The van der Waals surface area contributed by atoms with Crippen LogP contribution in [0.15, 0.2) is 35.0 Å². The zero-order valence-corrected chi connectivity index (χ0v) is 10.1. The predicted octanol–water partition coefficient (Wildman–Crippen LogP) is 2.97. The lowest BCUT2D eigenvalue weighted by Crippen LogP contribution is -2.15. The third-order valence-electron chi connectivity index (χ3n) is 3.22. The average molecular weight is 214 g/mol. The second-order valence-electron chi connectivity index (χ2n) is 4.54. The molecule has 2 nitrogen and oxygen atoms in total. The summed E-state index contributed by atoms with van der Waals surface area (Å²) < 4.78 is 0. The predicted molar refractivity (Wildman–Crippen MR) is 67.9 cm³/mol. The van der Waals surface area contributed by atoms with Crippen LogP contribution in [0.4, 0.5) is 0 Å². The molecule has 1 aliphatic rings. The smallest absolute Gasteiger partial charge is 0.0531 e. The Hall–Kier alpha value is -1.44. The van der Waals surface area contributed by atoms with E-state index >= 15 is 0 Å². The van der Waals surface area contributed by atoms with Crippen molar-refractivity contribution in [3.05, 3.63) is 41.2 Å². The van der Waals surface area contributed by atoms with Gasteiger partial charge in [-0.25, -0.2) is 0 Å². The molecule has 84 valence electrons. The van der Waals surface area contributed by atoms with Crippen molar-refractivity contribution in [3.8, 4) is 0 Å². The number of hydrogen-bond acceptors (Lipinski definition) is 2. The first-order valence-corrected chi connectivity index (χ1v) is 5.81. The molecule has 2 atom stereocenters. The lowest BCUT2D eigenvalue weighted by Gasteiger charge is -2.18. The minimum absolute atomic E-state index is 0.416. The molecule has 2 heterocycles. The van der Waals surface area contributed by atoms with Crippen molar-refractivity contribution in [3.63, 3.8) is 0 Å². The third-order valence-corrected chi connectivity index (χ3v) is 3.22. The molecule has 0 amide bonds. The van der Waals surface area contributed by atoms with Gasteiger partial charge in [-0.2, -0.15) is 0 Å². The summed E-state index contributed by atoms with van der Waals surface area (Å²) >= 11 is 0. The fraction of sp³-hybridized carbons (Fsp3) is 0.429. The van der Waals surface area contributed by atoms with Crippen LogP contribution in [0.5, 0.6) is 0 Å². The van der Waals surface area contributed by atoms with Crippen molar-refractivity contribution in [2.24, 2.45) is 10.9 Å². The molecule has 0 spiro atoms. The first kappa shape index (κ1) is 11.1. The number of nitrogens with zero attached hydrogens (tertiary/aromatic N) is 2. The Kier molecular flexibility index (Phi) is 3.18. The number of pyridine rings is 1. The Balaban J connectivity index is 2.15. The van der Waals surface area contributed by atoms with Crippen LogP contribution in [0, 0.1) is 12.8 Å². The van der Waals surface area contributed by atoms with Crippen LogP contribution in [0.2, 0.25) is 0 Å². The highest BCUT2D eigenvalue weighted by molar-refractivity contribution is 5.80. The van der Waals surface area contributed by atoms with E-state index in [0.29, 0.717) is 12.0 Å². The Bertz CT molecular complexity index is 432. The molecule has 0 fully saturated rings. The van der Waals surface area contributed by atoms with Crippen LogP contribution in [0.1, 0.15) is 25.1 Å². The van der Waals surface area contributed by atoms with Crippen molar-refractivity contribution in [1.82, 2.24) is 4.98 Å². The van der Waals surface area contributed by atoms with Crippen molar-refractivity contribution < 1.29 is 0 Å². The maximum atomic E-state index is 4.50. The van der Waals surface area contributed by atoms with E-state index in [-0.39, 0.29) is 0 Å². The van der Waals surface area contributed by atoms with Gasteiger partial charge in [-0.1, -0.05) is 19.1 Å². The quantitative estimate of drug-likeness (QED) is 0.743. The fourth-order valence-corrected chi connectivity index (χ4v) is 1.90. The number of aryl methyl sites for hydroxylation is 1. The molecule has 1 aliphatic heterocycles. The van der Waals surface area contributed by atoms with Crippen molar-refractivity contribution in [1.29, 1.82) is 0 Å².